The van der Waals surface area contributed by atoms with Crippen molar-refractivity contribution < 1.29 is 9.53 Å². The molecule has 0 N–H and O–H groups in total. The van der Waals surface area contributed by atoms with Crippen molar-refractivity contribution in [3.05, 3.63) is 66.4 Å². The molecule has 0 saturated heterocycles. The Hall–Kier alpha value is -3.08. The predicted molar refractivity (Wildman–Crippen MR) is 86.7 cm³/mol. The summed E-state index contributed by atoms with van der Waals surface area (Å²) in [5.74, 6) is -0.0523. The highest BCUT2D eigenvalue weighted by Crippen LogP contribution is 2.23. The molecule has 0 radical (unpaired) electrons. The fraction of sp³-hybridized carbons (Fsp3) is 0.111. The van der Waals surface area contributed by atoms with E-state index in [9.17, 15) is 4.79 Å². The van der Waals surface area contributed by atoms with Gasteiger partial charge in [-0.25, -0.2) is 9.78 Å². The summed E-state index contributed by atoms with van der Waals surface area (Å²) in [6.07, 6.45) is 0. The molecule has 23 heavy (non-hydrogen) atoms. The SMILES string of the molecule is CCOC(=O)c1nnc(-c2ccccc2)nc1-c1ccccc1. The molecule has 0 saturated carbocycles. The minimum Gasteiger partial charge on any atom is -0.461 e. The molecule has 1 heterocycles. The molecule has 0 aliphatic heterocycles. The largest absolute Gasteiger partial charge is 0.461 e. The second kappa shape index (κ2) is 6.79. The maximum atomic E-state index is 12.1. The molecule has 0 aliphatic carbocycles. The quantitative estimate of drug-likeness (QED) is 0.691. The summed E-state index contributed by atoms with van der Waals surface area (Å²) in [4.78, 5) is 16.7. The monoisotopic (exact) mass is 305 g/mol. The summed E-state index contributed by atoms with van der Waals surface area (Å²) in [7, 11) is 0. The van der Waals surface area contributed by atoms with Crippen molar-refractivity contribution in [3.8, 4) is 22.6 Å². The number of benzene rings is 2. The number of rotatable bonds is 4. The second-order valence-electron chi connectivity index (χ2n) is 4.79. The molecular formula is C18H15N3O2. The van der Waals surface area contributed by atoms with E-state index in [1.807, 2.05) is 60.7 Å². The van der Waals surface area contributed by atoms with Crippen LogP contribution >= 0.6 is 0 Å². The van der Waals surface area contributed by atoms with Gasteiger partial charge in [0.2, 0.25) is 0 Å². The molecule has 0 fully saturated rings. The molecule has 3 rings (SSSR count). The van der Waals surface area contributed by atoms with Crippen LogP contribution in [0, 0.1) is 0 Å². The van der Waals surface area contributed by atoms with Gasteiger partial charge < -0.3 is 4.74 Å². The lowest BCUT2D eigenvalue weighted by atomic mass is 10.1. The number of carbonyl (C=O) groups is 1. The van der Waals surface area contributed by atoms with Gasteiger partial charge in [-0.2, -0.15) is 0 Å². The normalized spacial score (nSPS) is 10.3. The average Bonchev–Trinajstić information content (AvgIpc) is 2.63. The third-order valence-electron chi connectivity index (χ3n) is 3.23. The topological polar surface area (TPSA) is 65.0 Å². The van der Waals surface area contributed by atoms with Crippen LogP contribution in [-0.4, -0.2) is 27.8 Å². The Morgan fingerprint density at radius 2 is 1.52 bits per heavy atom. The lowest BCUT2D eigenvalue weighted by Crippen LogP contribution is -2.12. The highest BCUT2D eigenvalue weighted by atomic mass is 16.5. The Labute approximate surface area is 134 Å². The number of aromatic nitrogens is 3. The highest BCUT2D eigenvalue weighted by molar-refractivity contribution is 5.94. The first-order valence-electron chi connectivity index (χ1n) is 7.32. The Morgan fingerprint density at radius 3 is 2.13 bits per heavy atom. The van der Waals surface area contributed by atoms with Gasteiger partial charge >= 0.3 is 5.97 Å². The molecule has 0 amide bonds. The summed E-state index contributed by atoms with van der Waals surface area (Å²) in [6, 6.07) is 18.9. The van der Waals surface area contributed by atoms with E-state index in [-0.39, 0.29) is 12.3 Å². The number of nitrogens with zero attached hydrogens (tertiary/aromatic N) is 3. The van der Waals surface area contributed by atoms with E-state index in [0.29, 0.717) is 11.5 Å². The maximum absolute atomic E-state index is 12.1. The third kappa shape index (κ3) is 3.23. The third-order valence-corrected chi connectivity index (χ3v) is 3.23. The number of hydrogen-bond acceptors (Lipinski definition) is 5. The van der Waals surface area contributed by atoms with Crippen LogP contribution in [0.3, 0.4) is 0 Å². The van der Waals surface area contributed by atoms with E-state index in [0.717, 1.165) is 11.1 Å². The van der Waals surface area contributed by atoms with Gasteiger partial charge in [0.25, 0.3) is 0 Å². The van der Waals surface area contributed by atoms with Crippen LogP contribution < -0.4 is 0 Å². The minimum absolute atomic E-state index is 0.123. The Morgan fingerprint density at radius 1 is 0.913 bits per heavy atom. The first-order chi connectivity index (χ1) is 11.3. The van der Waals surface area contributed by atoms with Crippen molar-refractivity contribution >= 4 is 5.97 Å². The first-order valence-corrected chi connectivity index (χ1v) is 7.32. The molecule has 0 aliphatic rings. The lowest BCUT2D eigenvalue weighted by Gasteiger charge is -2.08. The smallest absolute Gasteiger partial charge is 0.361 e. The molecule has 0 spiro atoms. The van der Waals surface area contributed by atoms with Crippen LogP contribution in [0.5, 0.6) is 0 Å². The van der Waals surface area contributed by atoms with E-state index < -0.39 is 5.97 Å². The predicted octanol–water partition coefficient (Wildman–Crippen LogP) is 3.38. The van der Waals surface area contributed by atoms with Gasteiger partial charge in [-0.1, -0.05) is 60.7 Å². The van der Waals surface area contributed by atoms with Crippen molar-refractivity contribution in [2.24, 2.45) is 0 Å². The summed E-state index contributed by atoms with van der Waals surface area (Å²) < 4.78 is 5.05. The summed E-state index contributed by atoms with van der Waals surface area (Å²) in [5.41, 5.74) is 2.23. The van der Waals surface area contributed by atoms with Crippen LogP contribution in [0.25, 0.3) is 22.6 Å². The van der Waals surface area contributed by atoms with Gasteiger partial charge in [0.15, 0.2) is 11.5 Å². The zero-order chi connectivity index (χ0) is 16.1. The zero-order valence-corrected chi connectivity index (χ0v) is 12.6. The molecule has 5 heteroatoms. The second-order valence-corrected chi connectivity index (χ2v) is 4.79. The zero-order valence-electron chi connectivity index (χ0n) is 12.6. The molecule has 5 nitrogen and oxygen atoms in total. The molecule has 114 valence electrons. The van der Waals surface area contributed by atoms with E-state index in [2.05, 4.69) is 15.2 Å². The number of esters is 1. The van der Waals surface area contributed by atoms with Crippen molar-refractivity contribution in [2.75, 3.05) is 6.61 Å². The molecule has 0 unspecified atom stereocenters. The van der Waals surface area contributed by atoms with Crippen molar-refractivity contribution in [2.45, 2.75) is 6.92 Å². The van der Waals surface area contributed by atoms with Crippen molar-refractivity contribution in [1.82, 2.24) is 15.2 Å². The molecule has 3 aromatic rings. The fourth-order valence-corrected chi connectivity index (χ4v) is 2.17. The van der Waals surface area contributed by atoms with Gasteiger partial charge in [0.1, 0.15) is 5.69 Å². The molecule has 1 aromatic heterocycles. The van der Waals surface area contributed by atoms with Crippen LogP contribution in [0.15, 0.2) is 60.7 Å². The van der Waals surface area contributed by atoms with E-state index >= 15 is 0 Å². The molecular weight excluding hydrogens is 290 g/mol. The first kappa shape index (κ1) is 14.8. The minimum atomic E-state index is -0.522. The Balaban J connectivity index is 2.13. The average molecular weight is 305 g/mol. The fourth-order valence-electron chi connectivity index (χ4n) is 2.17. The Bertz CT molecular complexity index is 805. The summed E-state index contributed by atoms with van der Waals surface area (Å²) in [5, 5.41) is 8.14. The standard InChI is InChI=1S/C18H15N3O2/c1-2-23-18(22)16-15(13-9-5-3-6-10-13)19-17(21-20-16)14-11-7-4-8-12-14/h3-12H,2H2,1H3. The van der Waals surface area contributed by atoms with E-state index in [1.54, 1.807) is 6.92 Å². The van der Waals surface area contributed by atoms with Crippen LogP contribution in [0.2, 0.25) is 0 Å². The van der Waals surface area contributed by atoms with Gasteiger partial charge in [0.05, 0.1) is 6.61 Å². The molecule has 0 bridgehead atoms. The summed E-state index contributed by atoms with van der Waals surface area (Å²) >= 11 is 0. The molecule has 2 aromatic carbocycles. The van der Waals surface area contributed by atoms with Gasteiger partial charge in [0, 0.05) is 11.1 Å². The maximum Gasteiger partial charge on any atom is 0.361 e. The molecule has 0 atom stereocenters. The highest BCUT2D eigenvalue weighted by Gasteiger charge is 2.19. The van der Waals surface area contributed by atoms with E-state index in [4.69, 9.17) is 4.74 Å². The Kier molecular flexibility index (Phi) is 4.38. The lowest BCUT2D eigenvalue weighted by molar-refractivity contribution is 0.0518. The number of hydrogen-bond donors (Lipinski definition) is 0. The van der Waals surface area contributed by atoms with Crippen LogP contribution in [-0.2, 0) is 4.74 Å². The van der Waals surface area contributed by atoms with Gasteiger partial charge in [-0.15, -0.1) is 10.2 Å². The number of carbonyl (C=O) groups excluding carboxylic acids is 1. The summed E-state index contributed by atoms with van der Waals surface area (Å²) in [6.45, 7) is 2.02. The van der Waals surface area contributed by atoms with Crippen LogP contribution in [0.1, 0.15) is 17.4 Å². The van der Waals surface area contributed by atoms with Gasteiger partial charge in [-0.05, 0) is 6.92 Å². The number of ether oxygens (including phenoxy) is 1. The van der Waals surface area contributed by atoms with Crippen LogP contribution in [0.4, 0.5) is 0 Å². The van der Waals surface area contributed by atoms with Crippen molar-refractivity contribution in [3.63, 3.8) is 0 Å². The van der Waals surface area contributed by atoms with Gasteiger partial charge in [-0.3, -0.25) is 0 Å². The van der Waals surface area contributed by atoms with E-state index in [1.165, 1.54) is 0 Å². The van der Waals surface area contributed by atoms with Crippen molar-refractivity contribution in [1.29, 1.82) is 0 Å².